The van der Waals surface area contributed by atoms with Gasteiger partial charge in [0, 0.05) is 11.3 Å². The lowest BCUT2D eigenvalue weighted by Gasteiger charge is -2.05. The van der Waals surface area contributed by atoms with Crippen LogP contribution in [0.4, 0.5) is 13.2 Å². The van der Waals surface area contributed by atoms with Crippen molar-refractivity contribution < 1.29 is 27.9 Å². The molecule has 4 nitrogen and oxygen atoms in total. The summed E-state index contributed by atoms with van der Waals surface area (Å²) in [5, 5.41) is 10.9. The van der Waals surface area contributed by atoms with Crippen LogP contribution in [0.1, 0.15) is 43.2 Å². The SMILES string of the molecule is Cc1[nH]c(C(=O)[O-])c(C)c1C(=O)/C=C/c1ccc(C(F)(F)F)cc1. The third-order valence-corrected chi connectivity index (χ3v) is 3.55. The number of aromatic amines is 1. The average molecular weight is 336 g/mol. The van der Waals surface area contributed by atoms with Gasteiger partial charge >= 0.3 is 6.18 Å². The van der Waals surface area contributed by atoms with Gasteiger partial charge in [-0.05, 0) is 43.2 Å². The highest BCUT2D eigenvalue weighted by molar-refractivity contribution is 6.10. The molecule has 1 N–H and O–H groups in total. The van der Waals surface area contributed by atoms with Crippen LogP contribution in [0, 0.1) is 13.8 Å². The number of H-pyrrole nitrogens is 1. The van der Waals surface area contributed by atoms with Gasteiger partial charge in [0.1, 0.15) is 0 Å². The molecule has 7 heteroatoms. The number of allylic oxidation sites excluding steroid dienone is 1. The van der Waals surface area contributed by atoms with Gasteiger partial charge in [0.25, 0.3) is 0 Å². The fraction of sp³-hybridized carbons (Fsp3) is 0.176. The molecule has 1 aromatic heterocycles. The molecule has 0 aliphatic carbocycles. The highest BCUT2D eigenvalue weighted by atomic mass is 19.4. The summed E-state index contributed by atoms with van der Waals surface area (Å²) in [4.78, 5) is 25.7. The molecule has 0 spiro atoms. The summed E-state index contributed by atoms with van der Waals surface area (Å²) in [5.41, 5.74) is 0.323. The van der Waals surface area contributed by atoms with Gasteiger partial charge in [-0.1, -0.05) is 18.2 Å². The predicted molar refractivity (Wildman–Crippen MR) is 79.4 cm³/mol. The highest BCUT2D eigenvalue weighted by Gasteiger charge is 2.29. The number of ketones is 1. The zero-order chi connectivity index (χ0) is 18.1. The zero-order valence-electron chi connectivity index (χ0n) is 12.8. The van der Waals surface area contributed by atoms with E-state index in [9.17, 15) is 27.9 Å². The molecule has 0 atom stereocenters. The molecular weight excluding hydrogens is 323 g/mol. The van der Waals surface area contributed by atoms with Crippen molar-refractivity contribution in [3.8, 4) is 0 Å². The minimum atomic E-state index is -4.42. The molecule has 24 heavy (non-hydrogen) atoms. The number of aromatic carboxylic acids is 1. The molecule has 1 heterocycles. The first kappa shape index (κ1) is 17.5. The van der Waals surface area contributed by atoms with Crippen molar-refractivity contribution in [2.75, 3.05) is 0 Å². The van der Waals surface area contributed by atoms with Crippen molar-refractivity contribution in [2.24, 2.45) is 0 Å². The standard InChI is InChI=1S/C17H14F3NO3/c1-9-14(10(2)21-15(9)16(23)24)13(22)8-5-11-3-6-12(7-4-11)17(18,19)20/h3-8,21H,1-2H3,(H,23,24)/p-1/b8-5+. The van der Waals surface area contributed by atoms with E-state index in [0.29, 0.717) is 11.3 Å². The Kier molecular flexibility index (Phi) is 4.64. The van der Waals surface area contributed by atoms with Crippen molar-refractivity contribution in [2.45, 2.75) is 20.0 Å². The molecule has 0 saturated heterocycles. The van der Waals surface area contributed by atoms with E-state index in [-0.39, 0.29) is 16.8 Å². The first-order valence-corrected chi connectivity index (χ1v) is 6.91. The number of nitrogens with one attached hydrogen (secondary N) is 1. The van der Waals surface area contributed by atoms with Crippen LogP contribution in [0.25, 0.3) is 6.08 Å². The fourth-order valence-corrected chi connectivity index (χ4v) is 2.36. The summed E-state index contributed by atoms with van der Waals surface area (Å²) >= 11 is 0. The number of hydrogen-bond donors (Lipinski definition) is 1. The minimum Gasteiger partial charge on any atom is -0.543 e. The molecule has 2 aromatic rings. The van der Waals surface area contributed by atoms with Crippen LogP contribution >= 0.6 is 0 Å². The molecular formula is C17H13F3NO3-. The molecule has 0 fully saturated rings. The van der Waals surface area contributed by atoms with Gasteiger partial charge in [0.15, 0.2) is 5.78 Å². The van der Waals surface area contributed by atoms with Gasteiger partial charge in [-0.15, -0.1) is 0 Å². The van der Waals surface area contributed by atoms with Crippen molar-refractivity contribution in [3.63, 3.8) is 0 Å². The van der Waals surface area contributed by atoms with Crippen LogP contribution in [0.15, 0.2) is 30.3 Å². The second kappa shape index (κ2) is 6.35. The van der Waals surface area contributed by atoms with Crippen LogP contribution in [0.2, 0.25) is 0 Å². The Hall–Kier alpha value is -2.83. The Balaban J connectivity index is 2.24. The van der Waals surface area contributed by atoms with E-state index in [0.717, 1.165) is 12.1 Å². The Morgan fingerprint density at radius 3 is 2.17 bits per heavy atom. The van der Waals surface area contributed by atoms with Gasteiger partial charge in [-0.2, -0.15) is 13.2 Å². The Labute approximate surface area is 135 Å². The Bertz CT molecular complexity index is 815. The minimum absolute atomic E-state index is 0.168. The molecule has 0 saturated carbocycles. The maximum atomic E-state index is 12.5. The number of benzene rings is 1. The second-order valence-corrected chi connectivity index (χ2v) is 5.23. The van der Waals surface area contributed by atoms with Crippen LogP contribution in [-0.2, 0) is 6.18 Å². The van der Waals surface area contributed by atoms with E-state index in [2.05, 4.69) is 4.98 Å². The smallest absolute Gasteiger partial charge is 0.416 e. The first-order valence-electron chi connectivity index (χ1n) is 6.91. The molecule has 126 valence electrons. The van der Waals surface area contributed by atoms with Gasteiger partial charge in [0.05, 0.1) is 17.2 Å². The number of aromatic nitrogens is 1. The number of aryl methyl sites for hydroxylation is 1. The molecule has 1 aromatic carbocycles. The number of hydrogen-bond acceptors (Lipinski definition) is 3. The quantitative estimate of drug-likeness (QED) is 0.689. The van der Waals surface area contributed by atoms with Gasteiger partial charge < -0.3 is 14.9 Å². The molecule has 0 bridgehead atoms. The third kappa shape index (κ3) is 3.56. The van der Waals surface area contributed by atoms with E-state index in [1.165, 1.54) is 31.2 Å². The topological polar surface area (TPSA) is 73.0 Å². The van der Waals surface area contributed by atoms with Gasteiger partial charge in [0.2, 0.25) is 0 Å². The Morgan fingerprint density at radius 1 is 1.12 bits per heavy atom. The summed E-state index contributed by atoms with van der Waals surface area (Å²) in [7, 11) is 0. The molecule has 0 aliphatic heterocycles. The largest absolute Gasteiger partial charge is 0.543 e. The van der Waals surface area contributed by atoms with Crippen LogP contribution in [-0.4, -0.2) is 16.7 Å². The highest BCUT2D eigenvalue weighted by Crippen LogP contribution is 2.29. The van der Waals surface area contributed by atoms with Gasteiger partial charge in [-0.25, -0.2) is 0 Å². The molecule has 2 rings (SSSR count). The average Bonchev–Trinajstić information content (AvgIpc) is 2.79. The third-order valence-electron chi connectivity index (χ3n) is 3.55. The summed E-state index contributed by atoms with van der Waals surface area (Å²) in [6.45, 7) is 3.03. The van der Waals surface area contributed by atoms with Crippen LogP contribution in [0.5, 0.6) is 0 Å². The summed E-state index contributed by atoms with van der Waals surface area (Å²) in [6, 6.07) is 4.34. The second-order valence-electron chi connectivity index (χ2n) is 5.23. The maximum Gasteiger partial charge on any atom is 0.416 e. The normalized spacial score (nSPS) is 11.9. The Morgan fingerprint density at radius 2 is 1.71 bits per heavy atom. The van der Waals surface area contributed by atoms with Crippen molar-refractivity contribution >= 4 is 17.8 Å². The number of alkyl halides is 3. The van der Waals surface area contributed by atoms with Crippen molar-refractivity contribution in [1.82, 2.24) is 4.98 Å². The van der Waals surface area contributed by atoms with Crippen molar-refractivity contribution in [1.29, 1.82) is 0 Å². The number of carboxylic acids is 1. The predicted octanol–water partition coefficient (Wildman–Crippen LogP) is 2.91. The van der Waals surface area contributed by atoms with Crippen molar-refractivity contribution in [3.05, 3.63) is 64.0 Å². The number of carbonyl (C=O) groups excluding carboxylic acids is 2. The summed E-state index contributed by atoms with van der Waals surface area (Å²) in [5.74, 6) is -1.87. The van der Waals surface area contributed by atoms with E-state index in [1.54, 1.807) is 6.92 Å². The summed E-state index contributed by atoms with van der Waals surface area (Å²) in [6.07, 6.45) is -1.86. The van der Waals surface area contributed by atoms with E-state index >= 15 is 0 Å². The number of carbonyl (C=O) groups is 2. The van der Waals surface area contributed by atoms with Crippen LogP contribution < -0.4 is 5.11 Å². The lowest BCUT2D eigenvalue weighted by atomic mass is 10.0. The summed E-state index contributed by atoms with van der Waals surface area (Å²) < 4.78 is 37.4. The molecule has 0 unspecified atom stereocenters. The molecule has 0 radical (unpaired) electrons. The monoisotopic (exact) mass is 336 g/mol. The first-order chi connectivity index (χ1) is 11.1. The lowest BCUT2D eigenvalue weighted by molar-refractivity contribution is -0.255. The zero-order valence-corrected chi connectivity index (χ0v) is 12.8. The lowest BCUT2D eigenvalue weighted by Crippen LogP contribution is -2.23. The number of carboxylic acid groups (broad SMARTS) is 1. The fourth-order valence-electron chi connectivity index (χ4n) is 2.36. The number of rotatable bonds is 4. The number of halogens is 3. The van der Waals surface area contributed by atoms with E-state index < -0.39 is 23.5 Å². The van der Waals surface area contributed by atoms with E-state index in [1.807, 2.05) is 0 Å². The van der Waals surface area contributed by atoms with Gasteiger partial charge in [-0.3, -0.25) is 4.79 Å². The molecule has 0 aliphatic rings. The van der Waals surface area contributed by atoms with E-state index in [4.69, 9.17) is 0 Å². The maximum absolute atomic E-state index is 12.5. The molecule has 0 amide bonds. The van der Waals surface area contributed by atoms with Crippen LogP contribution in [0.3, 0.4) is 0 Å².